The van der Waals surface area contributed by atoms with Crippen LogP contribution in [0.4, 0.5) is 11.4 Å². The molecule has 1 unspecified atom stereocenters. The molecule has 0 spiro atoms. The van der Waals surface area contributed by atoms with E-state index in [1.807, 2.05) is 45.0 Å². The molecule has 37 heavy (non-hydrogen) atoms. The minimum atomic E-state index is -0.908. The topological polar surface area (TPSA) is 79.3 Å². The van der Waals surface area contributed by atoms with Gasteiger partial charge in [0.25, 0.3) is 11.7 Å². The number of aryl methyl sites for hydroxylation is 1. The number of Topliss-reactive ketones (excluding diaryl/α,β-unsaturated/α-hetero) is 1. The second-order valence-corrected chi connectivity index (χ2v) is 9.32. The first-order chi connectivity index (χ1) is 17.7. The molecule has 192 valence electrons. The van der Waals surface area contributed by atoms with Crippen LogP contribution in [-0.4, -0.2) is 44.6 Å². The van der Waals surface area contributed by atoms with Crippen molar-refractivity contribution in [2.45, 2.75) is 19.9 Å². The molecule has 1 saturated heterocycles. The first kappa shape index (κ1) is 26.1. The van der Waals surface area contributed by atoms with Gasteiger partial charge in [-0.25, -0.2) is 0 Å². The van der Waals surface area contributed by atoms with Gasteiger partial charge in [-0.1, -0.05) is 23.7 Å². The summed E-state index contributed by atoms with van der Waals surface area (Å²) in [6, 6.07) is 16.9. The molecule has 3 aromatic rings. The van der Waals surface area contributed by atoms with E-state index in [0.717, 1.165) is 11.3 Å². The van der Waals surface area contributed by atoms with Gasteiger partial charge in [-0.15, -0.1) is 0 Å². The van der Waals surface area contributed by atoms with Gasteiger partial charge in [0.15, 0.2) is 0 Å². The number of halogens is 1. The number of ketones is 1. The summed E-state index contributed by atoms with van der Waals surface area (Å²) in [4.78, 5) is 30.4. The molecule has 4 rings (SSSR count). The van der Waals surface area contributed by atoms with Gasteiger partial charge in [-0.2, -0.15) is 0 Å². The van der Waals surface area contributed by atoms with Gasteiger partial charge in [0.1, 0.15) is 17.3 Å². The molecule has 8 heteroatoms. The molecule has 0 aromatic heterocycles. The number of carbonyl (C=O) groups is 2. The predicted molar refractivity (Wildman–Crippen MR) is 146 cm³/mol. The van der Waals surface area contributed by atoms with Crippen LogP contribution in [0.1, 0.15) is 29.7 Å². The van der Waals surface area contributed by atoms with Crippen LogP contribution in [0.25, 0.3) is 5.76 Å². The molecule has 0 aliphatic carbocycles. The Balaban J connectivity index is 1.98. The Morgan fingerprint density at radius 2 is 1.78 bits per heavy atom. The van der Waals surface area contributed by atoms with Gasteiger partial charge in [0.05, 0.1) is 35.9 Å². The summed E-state index contributed by atoms with van der Waals surface area (Å²) in [5.41, 5.74) is 3.01. The molecule has 7 nitrogen and oxygen atoms in total. The van der Waals surface area contributed by atoms with E-state index in [1.165, 1.54) is 12.0 Å². The summed E-state index contributed by atoms with van der Waals surface area (Å²) in [5, 5.41) is 11.8. The van der Waals surface area contributed by atoms with Crippen molar-refractivity contribution in [1.29, 1.82) is 0 Å². The number of aliphatic hydroxyl groups excluding tert-OH is 1. The molecular formula is C29H29ClN2O5. The number of anilines is 2. The number of methoxy groups -OCH3 is 1. The second-order valence-electron chi connectivity index (χ2n) is 8.91. The molecule has 0 bridgehead atoms. The van der Waals surface area contributed by atoms with Crippen LogP contribution in [-0.2, 0) is 9.59 Å². The molecular weight excluding hydrogens is 492 g/mol. The summed E-state index contributed by atoms with van der Waals surface area (Å²) in [7, 11) is 5.27. The second kappa shape index (κ2) is 10.6. The molecule has 1 heterocycles. The fourth-order valence-electron chi connectivity index (χ4n) is 4.52. The monoisotopic (exact) mass is 520 g/mol. The number of aliphatic hydroxyl groups is 1. The van der Waals surface area contributed by atoms with Crippen molar-refractivity contribution in [3.05, 3.63) is 87.9 Å². The Morgan fingerprint density at radius 1 is 1.08 bits per heavy atom. The Hall–Kier alpha value is -3.97. The summed E-state index contributed by atoms with van der Waals surface area (Å²) in [6.07, 6.45) is 0. The number of amides is 1. The molecule has 0 saturated carbocycles. The van der Waals surface area contributed by atoms with Gasteiger partial charge in [0.2, 0.25) is 0 Å². The normalized spacial score (nSPS) is 16.7. The maximum Gasteiger partial charge on any atom is 0.300 e. The standard InChI is InChI=1S/C29H29ClN2O5/c1-6-37-21-9-7-8-18(16-21)25-24(26(33)22-14-17(2)15-23(30)28(22)36-5)27(34)29(35)32(25)20-12-10-19(11-13-20)31(3)4/h7-16,25,33H,6H2,1-5H3/b26-24+. The molecule has 1 atom stereocenters. The van der Waals surface area contributed by atoms with Crippen molar-refractivity contribution in [2.24, 2.45) is 0 Å². The highest BCUT2D eigenvalue weighted by Gasteiger charge is 2.47. The number of rotatable bonds is 7. The van der Waals surface area contributed by atoms with Crippen LogP contribution < -0.4 is 19.3 Å². The summed E-state index contributed by atoms with van der Waals surface area (Å²) >= 11 is 6.38. The number of nitrogens with zero attached hydrogens (tertiary/aromatic N) is 2. The molecule has 3 aromatic carbocycles. The average Bonchev–Trinajstić information content (AvgIpc) is 3.14. The third-order valence-corrected chi connectivity index (χ3v) is 6.50. The van der Waals surface area contributed by atoms with Gasteiger partial charge >= 0.3 is 0 Å². The lowest BCUT2D eigenvalue weighted by Crippen LogP contribution is -2.29. The third kappa shape index (κ3) is 4.87. The number of ether oxygens (including phenoxy) is 2. The predicted octanol–water partition coefficient (Wildman–Crippen LogP) is 5.75. The fourth-order valence-corrected chi connectivity index (χ4v) is 4.88. The van der Waals surface area contributed by atoms with E-state index >= 15 is 0 Å². The Kier molecular flexibility index (Phi) is 7.45. The molecule has 1 fully saturated rings. The van der Waals surface area contributed by atoms with Crippen molar-refractivity contribution in [3.8, 4) is 11.5 Å². The van der Waals surface area contributed by atoms with Gasteiger partial charge in [0, 0.05) is 25.5 Å². The van der Waals surface area contributed by atoms with E-state index in [9.17, 15) is 14.7 Å². The summed E-state index contributed by atoms with van der Waals surface area (Å²) in [5.74, 6) is -1.11. The Bertz CT molecular complexity index is 1380. The zero-order valence-corrected chi connectivity index (χ0v) is 22.2. The van der Waals surface area contributed by atoms with Crippen LogP contribution in [0.3, 0.4) is 0 Å². The first-order valence-electron chi connectivity index (χ1n) is 11.8. The molecule has 0 radical (unpaired) electrons. The van der Waals surface area contributed by atoms with Crippen LogP contribution >= 0.6 is 11.6 Å². The van der Waals surface area contributed by atoms with Crippen molar-refractivity contribution in [3.63, 3.8) is 0 Å². The molecule has 1 N–H and O–H groups in total. The average molecular weight is 521 g/mol. The van der Waals surface area contributed by atoms with E-state index in [4.69, 9.17) is 21.1 Å². The summed E-state index contributed by atoms with van der Waals surface area (Å²) in [6.45, 7) is 4.14. The number of benzene rings is 3. The first-order valence-corrected chi connectivity index (χ1v) is 12.2. The largest absolute Gasteiger partial charge is 0.507 e. The maximum absolute atomic E-state index is 13.5. The fraction of sp³-hybridized carbons (Fsp3) is 0.241. The highest BCUT2D eigenvalue weighted by atomic mass is 35.5. The third-order valence-electron chi connectivity index (χ3n) is 6.22. The van der Waals surface area contributed by atoms with E-state index in [-0.39, 0.29) is 27.7 Å². The highest BCUT2D eigenvalue weighted by Crippen LogP contribution is 2.45. The number of hydrogen-bond acceptors (Lipinski definition) is 6. The lowest BCUT2D eigenvalue weighted by atomic mass is 9.94. The van der Waals surface area contributed by atoms with E-state index < -0.39 is 17.7 Å². The minimum absolute atomic E-state index is 0.0599. The zero-order valence-electron chi connectivity index (χ0n) is 21.4. The van der Waals surface area contributed by atoms with Crippen molar-refractivity contribution in [1.82, 2.24) is 0 Å². The van der Waals surface area contributed by atoms with Crippen LogP contribution in [0.2, 0.25) is 5.02 Å². The van der Waals surface area contributed by atoms with Gasteiger partial charge < -0.3 is 19.5 Å². The Labute approximate surface area is 221 Å². The molecule has 1 aliphatic heterocycles. The van der Waals surface area contributed by atoms with E-state index in [0.29, 0.717) is 23.6 Å². The van der Waals surface area contributed by atoms with Crippen molar-refractivity contribution >= 4 is 40.4 Å². The molecule has 1 amide bonds. The smallest absolute Gasteiger partial charge is 0.300 e. The van der Waals surface area contributed by atoms with E-state index in [2.05, 4.69) is 0 Å². The number of carbonyl (C=O) groups excluding carboxylic acids is 2. The SMILES string of the molecule is CCOc1cccc(C2/C(=C(\O)c3cc(C)cc(Cl)c3OC)C(=O)C(=O)N2c2ccc(N(C)C)cc2)c1. The van der Waals surface area contributed by atoms with Crippen molar-refractivity contribution in [2.75, 3.05) is 37.6 Å². The van der Waals surface area contributed by atoms with Gasteiger partial charge in [-0.3, -0.25) is 14.5 Å². The van der Waals surface area contributed by atoms with Crippen molar-refractivity contribution < 1.29 is 24.2 Å². The Morgan fingerprint density at radius 3 is 2.41 bits per heavy atom. The zero-order chi connectivity index (χ0) is 26.9. The lowest BCUT2D eigenvalue weighted by molar-refractivity contribution is -0.132. The summed E-state index contributed by atoms with van der Waals surface area (Å²) < 4.78 is 11.1. The minimum Gasteiger partial charge on any atom is -0.507 e. The van der Waals surface area contributed by atoms with Crippen LogP contribution in [0, 0.1) is 6.92 Å². The quantitative estimate of drug-likeness (QED) is 0.243. The van der Waals surface area contributed by atoms with E-state index in [1.54, 1.807) is 48.5 Å². The highest BCUT2D eigenvalue weighted by molar-refractivity contribution is 6.51. The maximum atomic E-state index is 13.5. The molecule has 1 aliphatic rings. The van der Waals surface area contributed by atoms with Gasteiger partial charge in [-0.05, 0) is 73.5 Å². The lowest BCUT2D eigenvalue weighted by Gasteiger charge is -2.26. The van der Waals surface area contributed by atoms with Crippen LogP contribution in [0.5, 0.6) is 11.5 Å². The number of hydrogen-bond donors (Lipinski definition) is 1. The van der Waals surface area contributed by atoms with Crippen LogP contribution in [0.15, 0.2) is 66.2 Å².